The molecule has 0 saturated heterocycles. The summed E-state index contributed by atoms with van der Waals surface area (Å²) in [7, 11) is 0. The van der Waals surface area contributed by atoms with Gasteiger partial charge >= 0.3 is 0 Å². The van der Waals surface area contributed by atoms with E-state index in [4.69, 9.17) is 15.4 Å². The molecule has 5 heteroatoms. The second-order valence-electron chi connectivity index (χ2n) is 3.82. The van der Waals surface area contributed by atoms with E-state index in [1.165, 1.54) is 0 Å². The van der Waals surface area contributed by atoms with Gasteiger partial charge in [-0.05, 0) is 12.0 Å². The van der Waals surface area contributed by atoms with Gasteiger partial charge in [-0.2, -0.15) is 4.98 Å². The van der Waals surface area contributed by atoms with Crippen LogP contribution in [0.2, 0.25) is 0 Å². The summed E-state index contributed by atoms with van der Waals surface area (Å²) in [6, 6.07) is 9.59. The molecule has 5 nitrogen and oxygen atoms in total. The van der Waals surface area contributed by atoms with Crippen molar-refractivity contribution in [1.82, 2.24) is 10.1 Å². The summed E-state index contributed by atoms with van der Waals surface area (Å²) in [5.41, 5.74) is 7.10. The van der Waals surface area contributed by atoms with E-state index < -0.39 is 0 Å². The zero-order valence-corrected chi connectivity index (χ0v) is 9.41. The molecule has 0 aliphatic carbocycles. The van der Waals surface area contributed by atoms with E-state index in [0.717, 1.165) is 5.56 Å². The van der Waals surface area contributed by atoms with E-state index >= 15 is 0 Å². The van der Waals surface area contributed by atoms with Gasteiger partial charge in [-0.3, -0.25) is 0 Å². The highest BCUT2D eigenvalue weighted by atomic mass is 16.5. The second-order valence-corrected chi connectivity index (χ2v) is 3.82. The molecule has 90 valence electrons. The number of hydrogen-bond acceptors (Lipinski definition) is 5. The van der Waals surface area contributed by atoms with Crippen LogP contribution in [0, 0.1) is 0 Å². The van der Waals surface area contributed by atoms with Crippen LogP contribution in [-0.4, -0.2) is 21.9 Å². The Labute approximate surface area is 99.3 Å². The molecule has 1 heterocycles. The first-order valence-corrected chi connectivity index (χ1v) is 5.52. The molecule has 0 saturated carbocycles. The van der Waals surface area contributed by atoms with E-state index in [-0.39, 0.29) is 12.6 Å². The highest BCUT2D eigenvalue weighted by Gasteiger charge is 2.14. The second kappa shape index (κ2) is 5.56. The van der Waals surface area contributed by atoms with Crippen molar-refractivity contribution in [1.29, 1.82) is 0 Å². The quantitative estimate of drug-likeness (QED) is 0.799. The first kappa shape index (κ1) is 11.8. The van der Waals surface area contributed by atoms with Crippen molar-refractivity contribution in [2.24, 2.45) is 5.73 Å². The molecule has 2 aromatic rings. The molecule has 0 unspecified atom stereocenters. The molecule has 1 atom stereocenters. The number of nitrogens with zero attached hydrogens (tertiary/aromatic N) is 2. The Hall–Kier alpha value is -1.72. The number of benzene rings is 1. The molecule has 2 rings (SSSR count). The van der Waals surface area contributed by atoms with Gasteiger partial charge in [0, 0.05) is 6.42 Å². The van der Waals surface area contributed by atoms with Crippen LogP contribution in [0.1, 0.15) is 23.3 Å². The number of aliphatic hydroxyl groups excluding tert-OH is 1. The van der Waals surface area contributed by atoms with Gasteiger partial charge in [-0.15, -0.1) is 0 Å². The standard InChI is InChI=1S/C12H15N3O2/c13-10(8-9-4-2-1-3-5-9)12-14-11(6-7-16)15-17-12/h1-5,10,16H,6-8,13H2/t10-/m0/s1. The molecule has 0 fully saturated rings. The third-order valence-corrected chi connectivity index (χ3v) is 2.43. The van der Waals surface area contributed by atoms with Crippen LogP contribution in [0.15, 0.2) is 34.9 Å². The number of rotatable bonds is 5. The van der Waals surface area contributed by atoms with E-state index in [9.17, 15) is 0 Å². The summed E-state index contributed by atoms with van der Waals surface area (Å²) in [5, 5.41) is 12.5. The Morgan fingerprint density at radius 2 is 2.06 bits per heavy atom. The molecule has 0 spiro atoms. The minimum atomic E-state index is -0.308. The number of aliphatic hydroxyl groups is 1. The lowest BCUT2D eigenvalue weighted by Gasteiger charge is -2.05. The van der Waals surface area contributed by atoms with Gasteiger partial charge in [-0.1, -0.05) is 35.5 Å². The summed E-state index contributed by atoms with van der Waals surface area (Å²) in [6.45, 7) is 0.00684. The van der Waals surface area contributed by atoms with Crippen LogP contribution in [0.5, 0.6) is 0 Å². The molecule has 3 N–H and O–H groups in total. The average Bonchev–Trinajstić information content (AvgIpc) is 2.79. The van der Waals surface area contributed by atoms with Crippen LogP contribution in [0.25, 0.3) is 0 Å². The summed E-state index contributed by atoms with van der Waals surface area (Å²) >= 11 is 0. The highest BCUT2D eigenvalue weighted by Crippen LogP contribution is 2.14. The molecule has 0 aliphatic heterocycles. The summed E-state index contributed by atoms with van der Waals surface area (Å²) in [5.74, 6) is 0.906. The van der Waals surface area contributed by atoms with Crippen molar-refractivity contribution < 1.29 is 9.63 Å². The average molecular weight is 233 g/mol. The monoisotopic (exact) mass is 233 g/mol. The lowest BCUT2D eigenvalue weighted by Crippen LogP contribution is -2.13. The lowest BCUT2D eigenvalue weighted by molar-refractivity contribution is 0.292. The molecular weight excluding hydrogens is 218 g/mol. The number of nitrogens with two attached hydrogens (primary N) is 1. The predicted octanol–water partition coefficient (Wildman–Crippen LogP) is 0.847. The van der Waals surface area contributed by atoms with Gasteiger partial charge in [0.05, 0.1) is 12.6 Å². The minimum absolute atomic E-state index is 0.00684. The first-order valence-electron chi connectivity index (χ1n) is 5.52. The van der Waals surface area contributed by atoms with Gasteiger partial charge < -0.3 is 15.4 Å². The first-order chi connectivity index (χ1) is 8.29. The van der Waals surface area contributed by atoms with Crippen molar-refractivity contribution in [3.05, 3.63) is 47.6 Å². The van der Waals surface area contributed by atoms with Gasteiger partial charge in [0.2, 0.25) is 5.89 Å². The minimum Gasteiger partial charge on any atom is -0.396 e. The normalized spacial score (nSPS) is 12.6. The van der Waals surface area contributed by atoms with Crippen LogP contribution in [0.4, 0.5) is 0 Å². The summed E-state index contributed by atoms with van der Waals surface area (Å²) < 4.78 is 5.05. The summed E-state index contributed by atoms with van der Waals surface area (Å²) in [4.78, 5) is 4.13. The number of aromatic nitrogens is 2. The topological polar surface area (TPSA) is 85.2 Å². The molecule has 0 radical (unpaired) electrons. The molecule has 17 heavy (non-hydrogen) atoms. The van der Waals surface area contributed by atoms with Crippen molar-refractivity contribution in [2.75, 3.05) is 6.61 Å². The van der Waals surface area contributed by atoms with Gasteiger partial charge in [-0.25, -0.2) is 0 Å². The highest BCUT2D eigenvalue weighted by molar-refractivity contribution is 5.16. The van der Waals surface area contributed by atoms with Crippen LogP contribution in [-0.2, 0) is 12.8 Å². The van der Waals surface area contributed by atoms with E-state index in [1.54, 1.807) is 0 Å². The molecule has 0 amide bonds. The van der Waals surface area contributed by atoms with Crippen LogP contribution < -0.4 is 5.73 Å². The van der Waals surface area contributed by atoms with E-state index in [0.29, 0.717) is 24.6 Å². The van der Waals surface area contributed by atoms with Gasteiger partial charge in [0.1, 0.15) is 0 Å². The Morgan fingerprint density at radius 3 is 2.76 bits per heavy atom. The third-order valence-electron chi connectivity index (χ3n) is 2.43. The lowest BCUT2D eigenvalue weighted by atomic mass is 10.1. The SMILES string of the molecule is N[C@@H](Cc1ccccc1)c1nc(CCO)no1. The zero-order valence-electron chi connectivity index (χ0n) is 9.41. The summed E-state index contributed by atoms with van der Waals surface area (Å²) in [6.07, 6.45) is 1.04. The van der Waals surface area contributed by atoms with Crippen LogP contribution >= 0.6 is 0 Å². The molecular formula is C12H15N3O2. The number of hydrogen-bond donors (Lipinski definition) is 2. The van der Waals surface area contributed by atoms with Crippen molar-refractivity contribution >= 4 is 0 Å². The van der Waals surface area contributed by atoms with Crippen molar-refractivity contribution in [3.8, 4) is 0 Å². The molecule has 1 aromatic carbocycles. The molecule has 0 aliphatic rings. The molecule has 1 aromatic heterocycles. The van der Waals surface area contributed by atoms with Crippen LogP contribution in [0.3, 0.4) is 0 Å². The molecule has 0 bridgehead atoms. The van der Waals surface area contributed by atoms with Gasteiger partial charge in [0.25, 0.3) is 0 Å². The zero-order chi connectivity index (χ0) is 12.1. The predicted molar refractivity (Wildman–Crippen MR) is 62.2 cm³/mol. The fourth-order valence-corrected chi connectivity index (χ4v) is 1.57. The Morgan fingerprint density at radius 1 is 1.29 bits per heavy atom. The smallest absolute Gasteiger partial charge is 0.243 e. The fourth-order valence-electron chi connectivity index (χ4n) is 1.57. The van der Waals surface area contributed by atoms with Crippen molar-refractivity contribution in [3.63, 3.8) is 0 Å². The maximum atomic E-state index is 8.75. The third kappa shape index (κ3) is 3.12. The maximum absolute atomic E-state index is 8.75. The van der Waals surface area contributed by atoms with E-state index in [2.05, 4.69) is 10.1 Å². The van der Waals surface area contributed by atoms with Gasteiger partial charge in [0.15, 0.2) is 5.82 Å². The largest absolute Gasteiger partial charge is 0.396 e. The van der Waals surface area contributed by atoms with Crippen molar-refractivity contribution in [2.45, 2.75) is 18.9 Å². The fraction of sp³-hybridized carbons (Fsp3) is 0.333. The Balaban J connectivity index is 2.01. The maximum Gasteiger partial charge on any atom is 0.243 e. The Kier molecular flexibility index (Phi) is 3.85. The van der Waals surface area contributed by atoms with E-state index in [1.807, 2.05) is 30.3 Å². The Bertz CT molecular complexity index is 456.